The fourth-order valence-electron chi connectivity index (χ4n) is 7.84. The second-order valence-corrected chi connectivity index (χ2v) is 16.2. The number of amides is 1. The number of carbonyl (C=O) groups is 2. The maximum Gasteiger partial charge on any atom is 0.285 e. The van der Waals surface area contributed by atoms with Crippen molar-refractivity contribution in [2.24, 2.45) is 22.1 Å². The van der Waals surface area contributed by atoms with Gasteiger partial charge in [0.1, 0.15) is 11.5 Å². The van der Waals surface area contributed by atoms with Gasteiger partial charge < -0.3 is 14.4 Å². The Balaban J connectivity index is 1.54. The van der Waals surface area contributed by atoms with E-state index >= 15 is 0 Å². The molecule has 1 heterocycles. The molecule has 2 aromatic carbocycles. The highest BCUT2D eigenvalue weighted by atomic mass is 32.2. The van der Waals surface area contributed by atoms with Crippen molar-refractivity contribution in [1.82, 2.24) is 0 Å². The molecular weight excluding hydrogens is 596 g/mol. The van der Waals surface area contributed by atoms with E-state index in [4.69, 9.17) is 9.47 Å². The molecule has 0 saturated heterocycles. The molecule has 0 N–H and O–H groups in total. The van der Waals surface area contributed by atoms with Gasteiger partial charge in [0.15, 0.2) is 0 Å². The van der Waals surface area contributed by atoms with Gasteiger partial charge in [0, 0.05) is 36.9 Å². The number of methoxy groups -OCH3 is 1. The average Bonchev–Trinajstić information content (AvgIpc) is 3.14. The number of aryl methyl sites for hydroxylation is 2. The van der Waals surface area contributed by atoms with Gasteiger partial charge in [-0.25, -0.2) is 4.21 Å². The lowest BCUT2D eigenvalue weighted by atomic mass is 9.68. The summed E-state index contributed by atoms with van der Waals surface area (Å²) in [5, 5.41) is 0. The van der Waals surface area contributed by atoms with Gasteiger partial charge in [-0.15, -0.1) is 13.2 Å². The molecule has 0 aromatic heterocycles. The fourth-order valence-corrected chi connectivity index (χ4v) is 10.2. The van der Waals surface area contributed by atoms with Crippen molar-refractivity contribution in [3.05, 3.63) is 84.0 Å². The Morgan fingerprint density at radius 1 is 1.22 bits per heavy atom. The van der Waals surface area contributed by atoms with E-state index in [2.05, 4.69) is 47.5 Å². The van der Waals surface area contributed by atoms with Crippen molar-refractivity contribution in [2.75, 3.05) is 43.2 Å². The van der Waals surface area contributed by atoms with Gasteiger partial charge >= 0.3 is 0 Å². The SMILES string of the molecule is C=CC[C@H](C)C[S@@](=O)(CC(C)=O)=NC(=O)c1ccc2c(c1)N(C[C@@H]1CC[C@H]1[C@H](C=C)OC)C[C@@]1(CCCc3cc(C)ccc31)CO2. The van der Waals surface area contributed by atoms with Crippen LogP contribution in [0.1, 0.15) is 73.0 Å². The predicted octanol–water partition coefficient (Wildman–Crippen LogP) is 7.10. The van der Waals surface area contributed by atoms with E-state index in [1.807, 2.05) is 25.1 Å². The molecule has 5 rings (SSSR count). The molecule has 1 spiro atoms. The van der Waals surface area contributed by atoms with Gasteiger partial charge in [-0.3, -0.25) is 9.59 Å². The van der Waals surface area contributed by atoms with Gasteiger partial charge in [-0.1, -0.05) is 42.8 Å². The number of hydrogen-bond acceptors (Lipinski definition) is 6. The van der Waals surface area contributed by atoms with E-state index in [-0.39, 0.29) is 34.7 Å². The second-order valence-electron chi connectivity index (χ2n) is 13.9. The zero-order chi connectivity index (χ0) is 33.1. The number of Topliss-reactive ketones (excluding diaryl/α,β-unsaturated/α-hetero) is 1. The molecule has 248 valence electrons. The first-order valence-electron chi connectivity index (χ1n) is 16.6. The minimum Gasteiger partial charge on any atom is -0.490 e. The quantitative estimate of drug-likeness (QED) is 0.229. The van der Waals surface area contributed by atoms with Crippen LogP contribution in [0.3, 0.4) is 0 Å². The minimum absolute atomic E-state index is 0.00147. The van der Waals surface area contributed by atoms with Crippen LogP contribution in [0.15, 0.2) is 66.1 Å². The van der Waals surface area contributed by atoms with Crippen molar-refractivity contribution in [3.8, 4) is 5.75 Å². The third-order valence-electron chi connectivity index (χ3n) is 10.1. The van der Waals surface area contributed by atoms with E-state index in [1.165, 1.54) is 23.6 Å². The molecule has 46 heavy (non-hydrogen) atoms. The van der Waals surface area contributed by atoms with Crippen LogP contribution in [0.5, 0.6) is 5.75 Å². The summed E-state index contributed by atoms with van der Waals surface area (Å²) in [4.78, 5) is 28.2. The lowest BCUT2D eigenvalue weighted by Gasteiger charge is -2.46. The Bertz CT molecular complexity index is 1610. The molecule has 1 fully saturated rings. The fraction of sp³-hybridized carbons (Fsp3) is 0.526. The molecule has 0 unspecified atom stereocenters. The highest BCUT2D eigenvalue weighted by molar-refractivity contribution is 7.94. The molecular formula is C38H50N2O5S. The van der Waals surface area contributed by atoms with Crippen LogP contribution in [-0.4, -0.2) is 60.3 Å². The number of ether oxygens (including phenoxy) is 2. The van der Waals surface area contributed by atoms with Crippen LogP contribution >= 0.6 is 0 Å². The molecule has 3 aliphatic rings. The summed E-state index contributed by atoms with van der Waals surface area (Å²) in [7, 11) is -1.34. The molecule has 7 nitrogen and oxygen atoms in total. The Morgan fingerprint density at radius 3 is 2.70 bits per heavy atom. The summed E-state index contributed by atoms with van der Waals surface area (Å²) < 4.78 is 30.5. The molecule has 8 heteroatoms. The first kappa shape index (κ1) is 34.1. The number of fused-ring (bicyclic) bond motifs is 3. The van der Waals surface area contributed by atoms with Crippen LogP contribution in [-0.2, 0) is 31.1 Å². The standard InChI is InChI=1S/C38H50N2O5S/c1-7-10-27(4)22-46(43,23-28(5)41)39-37(42)30-14-17-36-34(20-30)40(21-31-13-15-32(31)35(8-2)44-6)24-38(25-45-36)18-9-11-29-19-26(3)12-16-33(29)38/h7-8,12,14,16-17,19-20,27,31-32,35H,1-2,9-11,13,15,18,21-25H2,3-6H3/t27-,31-,32+,35-,38-,46+/m0/s1. The van der Waals surface area contributed by atoms with Gasteiger partial charge in [-0.05, 0) is 99.5 Å². The number of anilines is 1. The maximum atomic E-state index is 13.9. The third kappa shape index (κ3) is 7.33. The minimum atomic E-state index is -3.08. The number of allylic oxidation sites excluding steroid dienone is 1. The van der Waals surface area contributed by atoms with Crippen molar-refractivity contribution in [1.29, 1.82) is 0 Å². The van der Waals surface area contributed by atoms with Gasteiger partial charge in [0.2, 0.25) is 0 Å². The summed E-state index contributed by atoms with van der Waals surface area (Å²) in [6.07, 6.45) is 9.66. The topological polar surface area (TPSA) is 85.3 Å². The number of benzene rings is 2. The first-order chi connectivity index (χ1) is 22.0. The van der Waals surface area contributed by atoms with Crippen molar-refractivity contribution in [3.63, 3.8) is 0 Å². The molecule has 6 atom stereocenters. The highest BCUT2D eigenvalue weighted by Gasteiger charge is 2.44. The normalized spacial score (nSPS) is 24.6. The van der Waals surface area contributed by atoms with Crippen LogP contribution in [0.2, 0.25) is 0 Å². The number of hydrogen-bond donors (Lipinski definition) is 0. The van der Waals surface area contributed by atoms with E-state index in [0.717, 1.165) is 56.6 Å². The Morgan fingerprint density at radius 2 is 2.02 bits per heavy atom. The van der Waals surface area contributed by atoms with Crippen LogP contribution in [0.4, 0.5) is 5.69 Å². The molecule has 2 aliphatic carbocycles. The number of carbonyl (C=O) groups excluding carboxylic acids is 2. The number of nitrogens with zero attached hydrogens (tertiary/aromatic N) is 2. The lowest BCUT2D eigenvalue weighted by Crippen LogP contribution is -2.49. The van der Waals surface area contributed by atoms with Gasteiger partial charge in [-0.2, -0.15) is 4.36 Å². The van der Waals surface area contributed by atoms with Crippen LogP contribution < -0.4 is 9.64 Å². The van der Waals surface area contributed by atoms with Crippen LogP contribution in [0.25, 0.3) is 0 Å². The second kappa shape index (κ2) is 14.3. The van der Waals surface area contributed by atoms with Crippen molar-refractivity contribution < 1.29 is 23.3 Å². The first-order valence-corrected chi connectivity index (χ1v) is 18.5. The molecule has 1 aliphatic heterocycles. The Hall–Kier alpha value is -3.23. The Kier molecular flexibility index (Phi) is 10.6. The number of ketones is 1. The molecule has 1 amide bonds. The summed E-state index contributed by atoms with van der Waals surface area (Å²) in [6.45, 7) is 15.4. The van der Waals surface area contributed by atoms with E-state index in [0.29, 0.717) is 30.4 Å². The summed E-state index contributed by atoms with van der Waals surface area (Å²) in [5.74, 6) is 0.610. The van der Waals surface area contributed by atoms with Crippen molar-refractivity contribution >= 4 is 27.1 Å². The summed E-state index contributed by atoms with van der Waals surface area (Å²) in [5.41, 5.74) is 5.04. The van der Waals surface area contributed by atoms with E-state index < -0.39 is 15.6 Å². The van der Waals surface area contributed by atoms with Crippen molar-refractivity contribution in [2.45, 2.75) is 70.8 Å². The maximum absolute atomic E-state index is 13.9. The van der Waals surface area contributed by atoms with E-state index in [1.54, 1.807) is 19.3 Å². The lowest BCUT2D eigenvalue weighted by molar-refractivity contribution is -0.114. The number of rotatable bonds is 12. The van der Waals surface area contributed by atoms with E-state index in [9.17, 15) is 13.8 Å². The average molecular weight is 647 g/mol. The zero-order valence-electron chi connectivity index (χ0n) is 28.0. The van der Waals surface area contributed by atoms with Crippen LogP contribution in [0, 0.1) is 24.7 Å². The molecule has 0 bridgehead atoms. The summed E-state index contributed by atoms with van der Waals surface area (Å²) >= 11 is 0. The molecule has 1 saturated carbocycles. The molecule has 2 aromatic rings. The smallest absolute Gasteiger partial charge is 0.285 e. The predicted molar refractivity (Wildman–Crippen MR) is 186 cm³/mol. The summed E-state index contributed by atoms with van der Waals surface area (Å²) in [6, 6.07) is 12.2. The third-order valence-corrected chi connectivity index (χ3v) is 12.6. The molecule has 0 radical (unpaired) electrons. The monoisotopic (exact) mass is 646 g/mol. The largest absolute Gasteiger partial charge is 0.490 e. The zero-order valence-corrected chi connectivity index (χ0v) is 28.8. The van der Waals surface area contributed by atoms with Gasteiger partial charge in [0.25, 0.3) is 5.91 Å². The Labute approximate surface area is 275 Å². The highest BCUT2D eigenvalue weighted by Crippen LogP contribution is 2.46. The van der Waals surface area contributed by atoms with Gasteiger partial charge in [0.05, 0.1) is 33.9 Å².